The predicted molar refractivity (Wildman–Crippen MR) is 89.7 cm³/mol. The van der Waals surface area contributed by atoms with Crippen LogP contribution >= 0.6 is 0 Å². The van der Waals surface area contributed by atoms with E-state index in [1.807, 2.05) is 6.07 Å². The molecule has 0 amide bonds. The highest BCUT2D eigenvalue weighted by molar-refractivity contribution is 5.67. The molecule has 4 N–H and O–H groups in total. The quantitative estimate of drug-likeness (QED) is 0.747. The van der Waals surface area contributed by atoms with E-state index in [0.29, 0.717) is 11.6 Å². The molecular formula is C17H28N4. The van der Waals surface area contributed by atoms with E-state index in [1.54, 1.807) is 0 Å². The van der Waals surface area contributed by atoms with Crippen molar-refractivity contribution < 1.29 is 0 Å². The maximum absolute atomic E-state index is 6.11. The molecule has 4 heteroatoms. The maximum atomic E-state index is 6.11. The Bertz CT molecular complexity index is 486. The highest BCUT2D eigenvalue weighted by atomic mass is 15.2. The third-order valence-electron chi connectivity index (χ3n) is 5.17. The van der Waals surface area contributed by atoms with Gasteiger partial charge in [0.2, 0.25) is 0 Å². The van der Waals surface area contributed by atoms with Gasteiger partial charge in [0.05, 0.1) is 11.4 Å². The summed E-state index contributed by atoms with van der Waals surface area (Å²) in [5.74, 6) is 0. The van der Waals surface area contributed by atoms with Crippen molar-refractivity contribution in [2.75, 3.05) is 37.2 Å². The number of hydrogen-bond donors (Lipinski definition) is 3. The molecular weight excluding hydrogens is 260 g/mol. The summed E-state index contributed by atoms with van der Waals surface area (Å²) in [6, 6.07) is 6.82. The number of benzene rings is 1. The summed E-state index contributed by atoms with van der Waals surface area (Å²) in [5, 5.41) is 7.13. The Labute approximate surface area is 128 Å². The number of likely N-dealkylation sites (tertiary alicyclic amines) is 1. The van der Waals surface area contributed by atoms with Crippen molar-refractivity contribution in [3.8, 4) is 0 Å². The fraction of sp³-hybridized carbons (Fsp3) is 0.647. The van der Waals surface area contributed by atoms with E-state index in [1.165, 1.54) is 37.9 Å². The molecule has 1 aromatic carbocycles. The van der Waals surface area contributed by atoms with Gasteiger partial charge in [-0.3, -0.25) is 4.90 Å². The first-order valence-corrected chi connectivity index (χ1v) is 8.15. The molecule has 0 saturated carbocycles. The van der Waals surface area contributed by atoms with E-state index >= 15 is 0 Å². The van der Waals surface area contributed by atoms with Crippen LogP contribution in [0, 0.1) is 6.92 Å². The Morgan fingerprint density at radius 3 is 2.71 bits per heavy atom. The van der Waals surface area contributed by atoms with Crippen LogP contribution in [0.3, 0.4) is 0 Å². The van der Waals surface area contributed by atoms with Gasteiger partial charge < -0.3 is 16.4 Å². The number of nitrogens with zero attached hydrogens (tertiary/aromatic N) is 1. The number of nitrogens with one attached hydrogen (secondary N) is 2. The van der Waals surface area contributed by atoms with Gasteiger partial charge in [-0.05, 0) is 57.4 Å². The van der Waals surface area contributed by atoms with Crippen molar-refractivity contribution in [2.24, 2.45) is 0 Å². The summed E-state index contributed by atoms with van der Waals surface area (Å²) in [4.78, 5) is 2.67. The number of aryl methyl sites for hydroxylation is 1. The Balaban J connectivity index is 1.56. The van der Waals surface area contributed by atoms with Gasteiger partial charge >= 0.3 is 0 Å². The molecule has 0 aromatic heterocycles. The Hall–Kier alpha value is -1.26. The van der Waals surface area contributed by atoms with E-state index in [-0.39, 0.29) is 0 Å². The lowest BCUT2D eigenvalue weighted by atomic mass is 9.94. The molecule has 21 heavy (non-hydrogen) atoms. The van der Waals surface area contributed by atoms with Gasteiger partial charge in [-0.25, -0.2) is 0 Å². The molecule has 2 heterocycles. The van der Waals surface area contributed by atoms with Gasteiger partial charge in [0, 0.05) is 31.2 Å². The second-order valence-electron chi connectivity index (χ2n) is 6.92. The molecule has 3 rings (SSSR count). The number of piperidine rings is 1. The van der Waals surface area contributed by atoms with Crippen molar-refractivity contribution in [1.29, 1.82) is 0 Å². The van der Waals surface area contributed by atoms with Crippen molar-refractivity contribution in [1.82, 2.24) is 10.2 Å². The van der Waals surface area contributed by atoms with Crippen LogP contribution in [0.15, 0.2) is 18.2 Å². The molecule has 0 bridgehead atoms. The van der Waals surface area contributed by atoms with Gasteiger partial charge in [0.1, 0.15) is 0 Å². The first-order chi connectivity index (χ1) is 10.1. The number of nitrogen functional groups attached to an aromatic ring is 1. The number of nitrogens with two attached hydrogens (primary N) is 1. The third kappa shape index (κ3) is 3.16. The van der Waals surface area contributed by atoms with Gasteiger partial charge in [-0.2, -0.15) is 0 Å². The molecule has 0 spiro atoms. The Morgan fingerprint density at radius 2 is 2.10 bits per heavy atom. The van der Waals surface area contributed by atoms with Crippen molar-refractivity contribution in [3.05, 3.63) is 23.8 Å². The van der Waals surface area contributed by atoms with Crippen LogP contribution < -0.4 is 16.4 Å². The molecule has 1 atom stereocenters. The number of anilines is 2. The van der Waals surface area contributed by atoms with Crippen LogP contribution in [-0.2, 0) is 0 Å². The molecule has 2 saturated heterocycles. The summed E-state index contributed by atoms with van der Waals surface area (Å²) in [7, 11) is 0. The van der Waals surface area contributed by atoms with Crippen LogP contribution in [0.4, 0.5) is 11.4 Å². The van der Waals surface area contributed by atoms with Gasteiger partial charge in [0.25, 0.3) is 0 Å². The molecule has 1 unspecified atom stereocenters. The summed E-state index contributed by atoms with van der Waals surface area (Å²) in [6.07, 6.45) is 3.67. The lowest BCUT2D eigenvalue weighted by molar-refractivity contribution is 0.0922. The molecule has 0 radical (unpaired) electrons. The van der Waals surface area contributed by atoms with Crippen LogP contribution in [0.25, 0.3) is 0 Å². The second kappa shape index (κ2) is 5.85. The number of hydrogen-bond acceptors (Lipinski definition) is 4. The van der Waals surface area contributed by atoms with E-state index in [4.69, 9.17) is 5.73 Å². The number of rotatable bonds is 3. The van der Waals surface area contributed by atoms with Crippen molar-refractivity contribution in [2.45, 2.75) is 44.7 Å². The molecule has 0 aliphatic carbocycles. The molecule has 2 fully saturated rings. The van der Waals surface area contributed by atoms with Gasteiger partial charge in [-0.1, -0.05) is 6.07 Å². The summed E-state index contributed by atoms with van der Waals surface area (Å²) in [6.45, 7) is 9.14. The van der Waals surface area contributed by atoms with Crippen LogP contribution in [0.1, 0.15) is 31.7 Å². The van der Waals surface area contributed by atoms with E-state index < -0.39 is 0 Å². The summed E-state index contributed by atoms with van der Waals surface area (Å²) < 4.78 is 0. The maximum Gasteiger partial charge on any atom is 0.0576 e. The van der Waals surface area contributed by atoms with Gasteiger partial charge in [0.15, 0.2) is 0 Å². The normalized spacial score (nSPS) is 27.9. The summed E-state index contributed by atoms with van der Waals surface area (Å²) >= 11 is 0. The van der Waals surface area contributed by atoms with Gasteiger partial charge in [-0.15, -0.1) is 0 Å². The zero-order valence-electron chi connectivity index (χ0n) is 13.3. The fourth-order valence-corrected chi connectivity index (χ4v) is 3.67. The fourth-order valence-electron chi connectivity index (χ4n) is 3.67. The van der Waals surface area contributed by atoms with Crippen LogP contribution in [-0.4, -0.2) is 42.7 Å². The minimum Gasteiger partial charge on any atom is -0.397 e. The standard InChI is InChI=1S/C17H28N4/c1-13-3-4-16(15(18)11-13)20-14-5-9-21(10-6-14)17(2)7-8-19-12-17/h3-4,11,14,19-20H,5-10,12,18H2,1-2H3. The SMILES string of the molecule is Cc1ccc(NC2CCN(C3(C)CCNC3)CC2)c(N)c1. The Kier molecular flexibility index (Phi) is 4.09. The van der Waals surface area contributed by atoms with E-state index in [0.717, 1.165) is 24.5 Å². The average Bonchev–Trinajstić information content (AvgIpc) is 2.91. The highest BCUT2D eigenvalue weighted by Gasteiger charge is 2.36. The lowest BCUT2D eigenvalue weighted by Crippen LogP contribution is -2.52. The molecule has 2 aliphatic heterocycles. The zero-order valence-corrected chi connectivity index (χ0v) is 13.3. The minimum absolute atomic E-state index is 0.369. The zero-order chi connectivity index (χ0) is 14.9. The predicted octanol–water partition coefficient (Wildman–Crippen LogP) is 2.21. The smallest absolute Gasteiger partial charge is 0.0576 e. The molecule has 1 aromatic rings. The van der Waals surface area contributed by atoms with Crippen LogP contribution in [0.5, 0.6) is 0 Å². The van der Waals surface area contributed by atoms with E-state index in [9.17, 15) is 0 Å². The molecule has 116 valence electrons. The highest BCUT2D eigenvalue weighted by Crippen LogP contribution is 2.28. The van der Waals surface area contributed by atoms with E-state index in [2.05, 4.69) is 41.5 Å². The first-order valence-electron chi connectivity index (χ1n) is 8.15. The topological polar surface area (TPSA) is 53.3 Å². The van der Waals surface area contributed by atoms with Crippen molar-refractivity contribution >= 4 is 11.4 Å². The third-order valence-corrected chi connectivity index (χ3v) is 5.17. The van der Waals surface area contributed by atoms with Crippen LogP contribution in [0.2, 0.25) is 0 Å². The Morgan fingerprint density at radius 1 is 1.33 bits per heavy atom. The lowest BCUT2D eigenvalue weighted by Gasteiger charge is -2.43. The van der Waals surface area contributed by atoms with Crippen molar-refractivity contribution in [3.63, 3.8) is 0 Å². The largest absolute Gasteiger partial charge is 0.397 e. The molecule has 4 nitrogen and oxygen atoms in total. The minimum atomic E-state index is 0.369. The second-order valence-corrected chi connectivity index (χ2v) is 6.92. The monoisotopic (exact) mass is 288 g/mol. The first kappa shape index (κ1) is 14.7. The summed E-state index contributed by atoms with van der Waals surface area (Å²) in [5.41, 5.74) is 9.65. The molecule has 2 aliphatic rings. The average molecular weight is 288 g/mol.